The predicted octanol–water partition coefficient (Wildman–Crippen LogP) is 2.26. The fraction of sp³-hybridized carbons (Fsp3) is 0.571. The first-order valence-corrected chi connectivity index (χ1v) is 6.92. The molecule has 0 bridgehead atoms. The number of nitro benzene ring substituents is 1. The zero-order valence-electron chi connectivity index (χ0n) is 11.6. The van der Waals surface area contributed by atoms with Gasteiger partial charge in [0.15, 0.2) is 0 Å². The lowest BCUT2D eigenvalue weighted by Gasteiger charge is -2.23. The van der Waals surface area contributed by atoms with Gasteiger partial charge in [-0.15, -0.1) is 0 Å². The second-order valence-electron chi connectivity index (χ2n) is 4.75. The molecule has 1 saturated heterocycles. The minimum Gasteiger partial charge on any atom is -0.494 e. The first-order valence-electron chi connectivity index (χ1n) is 6.92. The largest absolute Gasteiger partial charge is 0.494 e. The Hall–Kier alpha value is -1.66. The van der Waals surface area contributed by atoms with Gasteiger partial charge in [-0.25, -0.2) is 0 Å². The average Bonchev–Trinajstić information content (AvgIpc) is 2.47. The van der Waals surface area contributed by atoms with Crippen LogP contribution in [0.2, 0.25) is 0 Å². The minimum absolute atomic E-state index is 0.0947. The molecule has 0 saturated carbocycles. The molecule has 110 valence electrons. The Morgan fingerprint density at radius 3 is 2.85 bits per heavy atom. The molecule has 0 spiro atoms. The average molecular weight is 280 g/mol. The van der Waals surface area contributed by atoms with E-state index in [9.17, 15) is 10.1 Å². The maximum atomic E-state index is 10.9. The van der Waals surface area contributed by atoms with Crippen molar-refractivity contribution in [3.05, 3.63) is 33.9 Å². The minimum atomic E-state index is -0.381. The molecule has 0 radical (unpaired) electrons. The van der Waals surface area contributed by atoms with Crippen molar-refractivity contribution >= 4 is 5.69 Å². The van der Waals surface area contributed by atoms with Crippen LogP contribution in [0.25, 0.3) is 0 Å². The molecular formula is C14H20N2O4. The van der Waals surface area contributed by atoms with Crippen LogP contribution in [-0.4, -0.2) is 30.8 Å². The molecule has 0 amide bonds. The summed E-state index contributed by atoms with van der Waals surface area (Å²) in [5.74, 6) is 0.706. The highest BCUT2D eigenvalue weighted by atomic mass is 16.6. The van der Waals surface area contributed by atoms with Gasteiger partial charge < -0.3 is 14.8 Å². The Kier molecular flexibility index (Phi) is 5.31. The summed E-state index contributed by atoms with van der Waals surface area (Å²) < 4.78 is 10.8. The van der Waals surface area contributed by atoms with E-state index in [0.717, 1.165) is 31.6 Å². The predicted molar refractivity (Wildman–Crippen MR) is 74.9 cm³/mol. The fourth-order valence-corrected chi connectivity index (χ4v) is 2.27. The van der Waals surface area contributed by atoms with Crippen molar-refractivity contribution in [3.8, 4) is 5.75 Å². The Bertz CT molecular complexity index is 458. The molecule has 0 aromatic heterocycles. The van der Waals surface area contributed by atoms with Gasteiger partial charge in [-0.1, -0.05) is 0 Å². The topological polar surface area (TPSA) is 73.6 Å². The number of hydrogen-bond acceptors (Lipinski definition) is 5. The van der Waals surface area contributed by atoms with Crippen molar-refractivity contribution in [3.63, 3.8) is 0 Å². The Morgan fingerprint density at radius 1 is 1.45 bits per heavy atom. The van der Waals surface area contributed by atoms with E-state index in [1.807, 2.05) is 6.92 Å². The molecule has 0 atom stereocenters. The van der Waals surface area contributed by atoms with Gasteiger partial charge in [0, 0.05) is 43.5 Å². The van der Waals surface area contributed by atoms with Crippen LogP contribution in [0.3, 0.4) is 0 Å². The standard InChI is InChI=1S/C14H20N2O4/c1-2-20-14-4-3-13(16(17)18)9-11(14)10-15-12-5-7-19-8-6-12/h3-4,9,12,15H,2,5-8,10H2,1H3. The highest BCUT2D eigenvalue weighted by Gasteiger charge is 2.16. The van der Waals surface area contributed by atoms with Crippen LogP contribution in [0.1, 0.15) is 25.3 Å². The fourth-order valence-electron chi connectivity index (χ4n) is 2.27. The maximum absolute atomic E-state index is 10.9. The first kappa shape index (κ1) is 14.7. The Morgan fingerprint density at radius 2 is 2.20 bits per heavy atom. The van der Waals surface area contributed by atoms with Gasteiger partial charge in [-0.05, 0) is 25.8 Å². The van der Waals surface area contributed by atoms with E-state index in [4.69, 9.17) is 9.47 Å². The van der Waals surface area contributed by atoms with Crippen LogP contribution in [-0.2, 0) is 11.3 Å². The van der Waals surface area contributed by atoms with Crippen LogP contribution in [0, 0.1) is 10.1 Å². The van der Waals surface area contributed by atoms with Crippen molar-refractivity contribution < 1.29 is 14.4 Å². The van der Waals surface area contributed by atoms with Crippen LogP contribution in [0.5, 0.6) is 5.75 Å². The van der Waals surface area contributed by atoms with Gasteiger partial charge in [0.1, 0.15) is 5.75 Å². The summed E-state index contributed by atoms with van der Waals surface area (Å²) in [7, 11) is 0. The molecule has 0 unspecified atom stereocenters. The SMILES string of the molecule is CCOc1ccc([N+](=O)[O-])cc1CNC1CCOCC1. The number of non-ortho nitro benzene ring substituents is 1. The van der Waals surface area contributed by atoms with Gasteiger partial charge in [-0.2, -0.15) is 0 Å². The number of hydrogen-bond donors (Lipinski definition) is 1. The van der Waals surface area contributed by atoms with E-state index in [1.165, 1.54) is 6.07 Å². The van der Waals surface area contributed by atoms with E-state index in [2.05, 4.69) is 5.32 Å². The molecule has 1 heterocycles. The lowest BCUT2D eigenvalue weighted by atomic mass is 10.1. The summed E-state index contributed by atoms with van der Waals surface area (Å²) in [6.45, 7) is 4.55. The first-order chi connectivity index (χ1) is 9.70. The lowest BCUT2D eigenvalue weighted by molar-refractivity contribution is -0.384. The van der Waals surface area contributed by atoms with E-state index in [0.29, 0.717) is 24.9 Å². The molecule has 1 aliphatic heterocycles. The number of ether oxygens (including phenoxy) is 2. The molecule has 6 nitrogen and oxygen atoms in total. The molecule has 1 aliphatic rings. The van der Waals surface area contributed by atoms with Crippen LogP contribution in [0.4, 0.5) is 5.69 Å². The highest BCUT2D eigenvalue weighted by molar-refractivity contribution is 5.43. The second kappa shape index (κ2) is 7.21. The Balaban J connectivity index is 2.06. The van der Waals surface area contributed by atoms with Gasteiger partial charge in [-0.3, -0.25) is 10.1 Å². The van der Waals surface area contributed by atoms with Gasteiger partial charge in [0.05, 0.1) is 11.5 Å². The summed E-state index contributed by atoms with van der Waals surface area (Å²) in [6, 6.07) is 5.13. The van der Waals surface area contributed by atoms with Gasteiger partial charge >= 0.3 is 0 Å². The summed E-state index contributed by atoms with van der Waals surface area (Å²) in [6.07, 6.45) is 1.94. The van der Waals surface area contributed by atoms with Crippen LogP contribution in [0.15, 0.2) is 18.2 Å². The lowest BCUT2D eigenvalue weighted by Crippen LogP contribution is -2.34. The molecule has 1 aromatic rings. The number of nitro groups is 1. The van der Waals surface area contributed by atoms with Crippen LogP contribution < -0.4 is 10.1 Å². The quantitative estimate of drug-likeness (QED) is 0.639. The third kappa shape index (κ3) is 3.91. The second-order valence-corrected chi connectivity index (χ2v) is 4.75. The summed E-state index contributed by atoms with van der Waals surface area (Å²) >= 11 is 0. The van der Waals surface area contributed by atoms with E-state index < -0.39 is 0 Å². The van der Waals surface area contributed by atoms with Gasteiger partial charge in [0.25, 0.3) is 5.69 Å². The van der Waals surface area contributed by atoms with Gasteiger partial charge in [0.2, 0.25) is 0 Å². The molecule has 1 fully saturated rings. The summed E-state index contributed by atoms with van der Waals surface area (Å²) in [5.41, 5.74) is 0.921. The smallest absolute Gasteiger partial charge is 0.270 e. The zero-order valence-corrected chi connectivity index (χ0v) is 11.6. The zero-order chi connectivity index (χ0) is 14.4. The van der Waals surface area contributed by atoms with Crippen molar-refractivity contribution in [2.75, 3.05) is 19.8 Å². The van der Waals surface area contributed by atoms with Crippen molar-refractivity contribution in [1.29, 1.82) is 0 Å². The number of rotatable bonds is 6. The van der Waals surface area contributed by atoms with Crippen molar-refractivity contribution in [2.45, 2.75) is 32.4 Å². The van der Waals surface area contributed by atoms with Crippen molar-refractivity contribution in [2.24, 2.45) is 0 Å². The third-order valence-electron chi connectivity index (χ3n) is 3.36. The van der Waals surface area contributed by atoms with E-state index in [1.54, 1.807) is 12.1 Å². The monoisotopic (exact) mass is 280 g/mol. The number of nitrogens with one attached hydrogen (secondary N) is 1. The molecule has 0 aliphatic carbocycles. The number of nitrogens with zero attached hydrogens (tertiary/aromatic N) is 1. The molecule has 6 heteroatoms. The molecule has 2 rings (SSSR count). The number of benzene rings is 1. The normalized spacial score (nSPS) is 16.1. The third-order valence-corrected chi connectivity index (χ3v) is 3.36. The van der Waals surface area contributed by atoms with Crippen molar-refractivity contribution in [1.82, 2.24) is 5.32 Å². The molecular weight excluding hydrogens is 260 g/mol. The summed E-state index contributed by atoms with van der Waals surface area (Å²) in [4.78, 5) is 10.5. The maximum Gasteiger partial charge on any atom is 0.270 e. The molecule has 1 aromatic carbocycles. The molecule has 1 N–H and O–H groups in total. The van der Waals surface area contributed by atoms with E-state index >= 15 is 0 Å². The Labute approximate surface area is 118 Å². The summed E-state index contributed by atoms with van der Waals surface area (Å²) in [5, 5.41) is 14.3. The van der Waals surface area contributed by atoms with Crippen LogP contribution >= 0.6 is 0 Å². The van der Waals surface area contributed by atoms with E-state index in [-0.39, 0.29) is 10.6 Å². The molecule has 20 heavy (non-hydrogen) atoms. The highest BCUT2D eigenvalue weighted by Crippen LogP contribution is 2.24.